The van der Waals surface area contributed by atoms with Gasteiger partial charge in [0.25, 0.3) is 0 Å². The highest BCUT2D eigenvalue weighted by atomic mass is 19.1. The molecule has 2 rings (SSSR count). The Hall–Kier alpha value is -2.01. The summed E-state index contributed by atoms with van der Waals surface area (Å²) < 4.78 is 13.0. The number of carboxylic acid groups (broad SMARTS) is 1. The summed E-state index contributed by atoms with van der Waals surface area (Å²) in [6, 6.07) is 5.21. The number of hydrogen-bond donors (Lipinski definition) is 2. The van der Waals surface area contributed by atoms with E-state index >= 15 is 0 Å². The van der Waals surface area contributed by atoms with Crippen LogP contribution in [0.15, 0.2) is 24.3 Å². The van der Waals surface area contributed by atoms with Crippen LogP contribution in [0.1, 0.15) is 16.1 Å². The third kappa shape index (κ3) is 1.72. The van der Waals surface area contributed by atoms with Gasteiger partial charge in [0.1, 0.15) is 5.82 Å². The SMILES string of the molecule is NCc1cc(C(=O)O)c2ccc(F)cc2n1. The molecular weight excluding hydrogens is 211 g/mol. The molecule has 0 unspecified atom stereocenters. The van der Waals surface area contributed by atoms with E-state index in [9.17, 15) is 9.18 Å². The first-order valence-corrected chi connectivity index (χ1v) is 4.64. The predicted octanol–water partition coefficient (Wildman–Crippen LogP) is 1.53. The lowest BCUT2D eigenvalue weighted by Gasteiger charge is -2.05. The van der Waals surface area contributed by atoms with E-state index in [1.54, 1.807) is 0 Å². The number of hydrogen-bond acceptors (Lipinski definition) is 3. The zero-order valence-electron chi connectivity index (χ0n) is 8.27. The van der Waals surface area contributed by atoms with Crippen molar-refractivity contribution in [3.05, 3.63) is 41.3 Å². The summed E-state index contributed by atoms with van der Waals surface area (Å²) in [5.74, 6) is -1.53. The molecule has 0 spiro atoms. The minimum Gasteiger partial charge on any atom is -0.478 e. The molecule has 0 aliphatic heterocycles. The van der Waals surface area contributed by atoms with Crippen LogP contribution in [0.3, 0.4) is 0 Å². The van der Waals surface area contributed by atoms with E-state index in [1.807, 2.05) is 0 Å². The molecule has 0 bridgehead atoms. The number of nitrogens with zero attached hydrogens (tertiary/aromatic N) is 1. The zero-order valence-corrected chi connectivity index (χ0v) is 8.27. The standard InChI is InChI=1S/C11H9FN2O2/c12-6-1-2-8-9(11(15)16)4-7(5-13)14-10(8)3-6/h1-4H,5,13H2,(H,15,16). The summed E-state index contributed by atoms with van der Waals surface area (Å²) in [5.41, 5.74) is 6.22. The van der Waals surface area contributed by atoms with Crippen molar-refractivity contribution in [2.75, 3.05) is 0 Å². The van der Waals surface area contributed by atoms with Crippen LogP contribution in [-0.2, 0) is 6.54 Å². The highest BCUT2D eigenvalue weighted by Crippen LogP contribution is 2.19. The Morgan fingerprint density at radius 2 is 2.19 bits per heavy atom. The third-order valence-electron chi connectivity index (χ3n) is 2.26. The van der Waals surface area contributed by atoms with E-state index in [0.29, 0.717) is 16.6 Å². The first-order valence-electron chi connectivity index (χ1n) is 4.64. The summed E-state index contributed by atoms with van der Waals surface area (Å²) >= 11 is 0. The van der Waals surface area contributed by atoms with Crippen molar-refractivity contribution in [1.29, 1.82) is 0 Å². The van der Waals surface area contributed by atoms with Gasteiger partial charge < -0.3 is 10.8 Å². The first kappa shape index (κ1) is 10.5. The fourth-order valence-electron chi connectivity index (χ4n) is 1.54. The summed E-state index contributed by atoms with van der Waals surface area (Å²) in [5, 5.41) is 9.42. The van der Waals surface area contributed by atoms with Crippen LogP contribution < -0.4 is 5.73 Å². The number of rotatable bonds is 2. The monoisotopic (exact) mass is 220 g/mol. The van der Waals surface area contributed by atoms with E-state index in [1.165, 1.54) is 24.3 Å². The van der Waals surface area contributed by atoms with Crippen molar-refractivity contribution in [3.8, 4) is 0 Å². The molecule has 0 atom stereocenters. The molecule has 0 saturated carbocycles. The Morgan fingerprint density at radius 1 is 1.44 bits per heavy atom. The Labute approximate surface area is 90.5 Å². The normalized spacial score (nSPS) is 10.6. The minimum atomic E-state index is -1.08. The molecule has 3 N–H and O–H groups in total. The molecular formula is C11H9FN2O2. The number of halogens is 1. The summed E-state index contributed by atoms with van der Waals surface area (Å²) in [7, 11) is 0. The number of benzene rings is 1. The predicted molar refractivity (Wildman–Crippen MR) is 56.6 cm³/mol. The first-order chi connectivity index (χ1) is 7.61. The van der Waals surface area contributed by atoms with Crippen molar-refractivity contribution >= 4 is 16.9 Å². The van der Waals surface area contributed by atoms with Gasteiger partial charge >= 0.3 is 5.97 Å². The number of aromatic carboxylic acids is 1. The second-order valence-corrected chi connectivity index (χ2v) is 3.33. The minimum absolute atomic E-state index is 0.0884. The molecule has 5 heteroatoms. The Morgan fingerprint density at radius 3 is 2.81 bits per heavy atom. The lowest BCUT2D eigenvalue weighted by Crippen LogP contribution is -2.05. The van der Waals surface area contributed by atoms with Gasteiger partial charge in [0.05, 0.1) is 16.8 Å². The Bertz CT molecular complexity index is 569. The average molecular weight is 220 g/mol. The maximum atomic E-state index is 13.0. The van der Waals surface area contributed by atoms with Gasteiger partial charge in [0, 0.05) is 18.0 Å². The number of aromatic nitrogens is 1. The van der Waals surface area contributed by atoms with Gasteiger partial charge in [-0.15, -0.1) is 0 Å². The topological polar surface area (TPSA) is 76.2 Å². The molecule has 1 aromatic carbocycles. The van der Waals surface area contributed by atoms with Crippen LogP contribution >= 0.6 is 0 Å². The molecule has 0 fully saturated rings. The van der Waals surface area contributed by atoms with Gasteiger partial charge in [-0.05, 0) is 18.2 Å². The number of carboxylic acids is 1. The molecule has 0 aliphatic rings. The molecule has 4 nitrogen and oxygen atoms in total. The van der Waals surface area contributed by atoms with E-state index in [0.717, 1.165) is 0 Å². The highest BCUT2D eigenvalue weighted by molar-refractivity contribution is 6.02. The fourth-order valence-corrected chi connectivity index (χ4v) is 1.54. The maximum Gasteiger partial charge on any atom is 0.336 e. The van der Waals surface area contributed by atoms with Gasteiger partial charge in [-0.3, -0.25) is 4.98 Å². The smallest absolute Gasteiger partial charge is 0.336 e. The molecule has 1 heterocycles. The van der Waals surface area contributed by atoms with Crippen molar-refractivity contribution in [3.63, 3.8) is 0 Å². The highest BCUT2D eigenvalue weighted by Gasteiger charge is 2.11. The molecule has 1 aromatic heterocycles. The van der Waals surface area contributed by atoms with E-state index < -0.39 is 11.8 Å². The van der Waals surface area contributed by atoms with E-state index in [4.69, 9.17) is 10.8 Å². The van der Waals surface area contributed by atoms with Crippen molar-refractivity contribution in [1.82, 2.24) is 4.98 Å². The molecule has 0 aliphatic carbocycles. The average Bonchev–Trinajstić information content (AvgIpc) is 2.26. The Kier molecular flexibility index (Phi) is 2.54. The lowest BCUT2D eigenvalue weighted by molar-refractivity contribution is 0.0699. The van der Waals surface area contributed by atoms with E-state index in [-0.39, 0.29) is 12.1 Å². The molecule has 0 amide bonds. The Balaban J connectivity index is 2.81. The van der Waals surface area contributed by atoms with Crippen LogP contribution in [0, 0.1) is 5.82 Å². The van der Waals surface area contributed by atoms with E-state index in [2.05, 4.69) is 4.98 Å². The molecule has 82 valence electrons. The van der Waals surface area contributed by atoms with Gasteiger partial charge in [0.15, 0.2) is 0 Å². The van der Waals surface area contributed by atoms with Crippen LogP contribution in [-0.4, -0.2) is 16.1 Å². The van der Waals surface area contributed by atoms with Gasteiger partial charge in [0.2, 0.25) is 0 Å². The number of nitrogens with two attached hydrogens (primary N) is 1. The second-order valence-electron chi connectivity index (χ2n) is 3.33. The summed E-state index contributed by atoms with van der Waals surface area (Å²) in [6.45, 7) is 0.118. The zero-order chi connectivity index (χ0) is 11.7. The van der Waals surface area contributed by atoms with Crippen LogP contribution in [0.4, 0.5) is 4.39 Å². The molecule has 0 radical (unpaired) electrons. The summed E-state index contributed by atoms with van der Waals surface area (Å²) in [6.07, 6.45) is 0. The van der Waals surface area contributed by atoms with Crippen molar-refractivity contribution < 1.29 is 14.3 Å². The van der Waals surface area contributed by atoms with Crippen molar-refractivity contribution in [2.45, 2.75) is 6.54 Å². The van der Waals surface area contributed by atoms with Crippen LogP contribution in [0.5, 0.6) is 0 Å². The fraction of sp³-hybridized carbons (Fsp3) is 0.0909. The summed E-state index contributed by atoms with van der Waals surface area (Å²) in [4.78, 5) is 15.1. The van der Waals surface area contributed by atoms with Gasteiger partial charge in [-0.25, -0.2) is 9.18 Å². The van der Waals surface area contributed by atoms with Crippen LogP contribution in [0.25, 0.3) is 10.9 Å². The van der Waals surface area contributed by atoms with Crippen molar-refractivity contribution in [2.24, 2.45) is 5.73 Å². The molecule has 0 saturated heterocycles. The largest absolute Gasteiger partial charge is 0.478 e. The van der Waals surface area contributed by atoms with Crippen LogP contribution in [0.2, 0.25) is 0 Å². The van der Waals surface area contributed by atoms with Gasteiger partial charge in [-0.1, -0.05) is 0 Å². The number of pyridine rings is 1. The van der Waals surface area contributed by atoms with Gasteiger partial charge in [-0.2, -0.15) is 0 Å². The lowest BCUT2D eigenvalue weighted by atomic mass is 10.1. The quantitative estimate of drug-likeness (QED) is 0.804. The molecule has 2 aromatic rings. The second kappa shape index (κ2) is 3.86. The third-order valence-corrected chi connectivity index (χ3v) is 2.26. The maximum absolute atomic E-state index is 13.0. The number of fused-ring (bicyclic) bond motifs is 1. The molecule has 16 heavy (non-hydrogen) atoms. The number of carbonyl (C=O) groups is 1.